The molecular weight excluding hydrogens is 655 g/mol. The minimum Gasteiger partial charge on any atom is -0.256 e. The van der Waals surface area contributed by atoms with Gasteiger partial charge in [0.25, 0.3) is 0 Å². The number of aliphatic imine (C=N–C) groups is 1. The van der Waals surface area contributed by atoms with E-state index in [9.17, 15) is 0 Å². The molecule has 0 aliphatic heterocycles. The zero-order valence-electron chi connectivity index (χ0n) is 29.5. The van der Waals surface area contributed by atoms with Gasteiger partial charge in [0.1, 0.15) is 0 Å². The summed E-state index contributed by atoms with van der Waals surface area (Å²) in [5.41, 5.74) is 13.9. The molecule has 0 amide bonds. The monoisotopic (exact) mass is 689 g/mol. The molecule has 2 heterocycles. The minimum atomic E-state index is 0.765. The van der Waals surface area contributed by atoms with Crippen LogP contribution in [0.15, 0.2) is 217 Å². The van der Waals surface area contributed by atoms with Gasteiger partial charge in [-0.05, 0) is 98.8 Å². The van der Waals surface area contributed by atoms with Crippen LogP contribution in [0.4, 0.5) is 5.69 Å². The number of hydrogen-bond donors (Lipinski definition) is 0. The maximum Gasteiger partial charge on any atom is 0.0972 e. The van der Waals surface area contributed by atoms with Crippen molar-refractivity contribution in [3.05, 3.63) is 224 Å². The molecule has 3 heteroatoms. The molecule has 0 saturated carbocycles. The molecular formula is C51H35N3. The van der Waals surface area contributed by atoms with Gasteiger partial charge in [-0.3, -0.25) is 4.98 Å². The first kappa shape index (κ1) is 32.7. The van der Waals surface area contributed by atoms with Crippen LogP contribution >= 0.6 is 0 Å². The van der Waals surface area contributed by atoms with Gasteiger partial charge in [0.05, 0.1) is 28.5 Å². The molecule has 9 aromatic rings. The molecule has 0 spiro atoms. The molecule has 0 aliphatic carbocycles. The largest absolute Gasteiger partial charge is 0.256 e. The molecule has 0 saturated heterocycles. The molecule has 0 N–H and O–H groups in total. The Hall–Kier alpha value is -7.23. The van der Waals surface area contributed by atoms with Crippen LogP contribution < -0.4 is 0 Å². The summed E-state index contributed by atoms with van der Waals surface area (Å²) >= 11 is 0. The first-order chi connectivity index (χ1) is 26.7. The quantitative estimate of drug-likeness (QED) is 0.149. The van der Waals surface area contributed by atoms with E-state index in [4.69, 9.17) is 15.0 Å². The van der Waals surface area contributed by atoms with Crippen molar-refractivity contribution in [3.8, 4) is 55.9 Å². The van der Waals surface area contributed by atoms with Crippen molar-refractivity contribution in [1.29, 1.82) is 0 Å². The maximum atomic E-state index is 5.50. The number of pyridine rings is 2. The van der Waals surface area contributed by atoms with Crippen LogP contribution in [0.5, 0.6) is 0 Å². The van der Waals surface area contributed by atoms with Crippen LogP contribution in [0.3, 0.4) is 0 Å². The second-order valence-electron chi connectivity index (χ2n) is 13.3. The lowest BCUT2D eigenvalue weighted by Crippen LogP contribution is -2.08. The van der Waals surface area contributed by atoms with Crippen molar-refractivity contribution in [2.75, 3.05) is 0 Å². The summed E-state index contributed by atoms with van der Waals surface area (Å²) in [7, 11) is 0. The van der Waals surface area contributed by atoms with Crippen molar-refractivity contribution < 1.29 is 0 Å². The van der Waals surface area contributed by atoms with E-state index < -0.39 is 0 Å². The standard InChI is InChI=1S/C51H35N3/c1-5-16-36(17-6-1)40-28-29-52-48(33-40)44-34-49(43-31-41(37-18-7-2-8-19-37)30-42(32-43)38-20-9-3-10-21-38)54-50(35-44)51(53-45-24-11-4-12-25-45)47-27-15-23-39-22-13-14-26-46(39)47/h1-35H/b53-51+. The SMILES string of the molecule is c1ccc(/N=C(/c2cc(-c3cc(-c4ccccc4)ccn3)cc(-c3cc(-c4ccccc4)cc(-c4ccccc4)c3)n2)c2cccc3ccccc23)cc1. The lowest BCUT2D eigenvalue weighted by molar-refractivity contribution is 1.26. The van der Waals surface area contributed by atoms with Crippen LogP contribution in [0.1, 0.15) is 11.3 Å². The Bertz CT molecular complexity index is 2680. The zero-order chi connectivity index (χ0) is 36.1. The molecule has 54 heavy (non-hydrogen) atoms. The molecule has 0 bridgehead atoms. The highest BCUT2D eigenvalue weighted by molar-refractivity contribution is 6.19. The average Bonchev–Trinajstić information content (AvgIpc) is 3.26. The molecule has 254 valence electrons. The van der Waals surface area contributed by atoms with Gasteiger partial charge in [-0.1, -0.05) is 152 Å². The number of fused-ring (bicyclic) bond motifs is 1. The summed E-state index contributed by atoms with van der Waals surface area (Å²) in [4.78, 5) is 15.8. The Balaban J connectivity index is 1.32. The summed E-state index contributed by atoms with van der Waals surface area (Å²) in [6.07, 6.45) is 1.89. The Kier molecular flexibility index (Phi) is 8.94. The van der Waals surface area contributed by atoms with Crippen molar-refractivity contribution >= 4 is 22.2 Å². The predicted octanol–water partition coefficient (Wildman–Crippen LogP) is 13.1. The fourth-order valence-corrected chi connectivity index (χ4v) is 7.04. The van der Waals surface area contributed by atoms with Gasteiger partial charge in [0.2, 0.25) is 0 Å². The van der Waals surface area contributed by atoms with E-state index in [1.165, 1.54) is 0 Å². The van der Waals surface area contributed by atoms with Gasteiger partial charge in [0, 0.05) is 22.9 Å². The van der Waals surface area contributed by atoms with E-state index in [1.54, 1.807) is 0 Å². The molecule has 0 aliphatic rings. The third kappa shape index (κ3) is 6.87. The molecule has 0 fully saturated rings. The van der Waals surface area contributed by atoms with Crippen LogP contribution in [0, 0.1) is 0 Å². The van der Waals surface area contributed by atoms with Crippen molar-refractivity contribution in [1.82, 2.24) is 9.97 Å². The zero-order valence-corrected chi connectivity index (χ0v) is 29.5. The summed E-state index contributed by atoms with van der Waals surface area (Å²) in [6.45, 7) is 0. The molecule has 2 aromatic heterocycles. The highest BCUT2D eigenvalue weighted by Gasteiger charge is 2.18. The normalized spacial score (nSPS) is 11.4. The predicted molar refractivity (Wildman–Crippen MR) is 225 cm³/mol. The molecule has 9 rings (SSSR count). The van der Waals surface area contributed by atoms with E-state index in [2.05, 4.69) is 170 Å². The smallest absolute Gasteiger partial charge is 0.0972 e. The van der Waals surface area contributed by atoms with Crippen LogP contribution in [-0.4, -0.2) is 15.7 Å². The van der Waals surface area contributed by atoms with Crippen LogP contribution in [0.2, 0.25) is 0 Å². The fraction of sp³-hybridized carbons (Fsp3) is 0. The summed E-state index contributed by atoms with van der Waals surface area (Å²) in [5.74, 6) is 0. The highest BCUT2D eigenvalue weighted by atomic mass is 14.8. The highest BCUT2D eigenvalue weighted by Crippen LogP contribution is 2.35. The summed E-state index contributed by atoms with van der Waals surface area (Å²) < 4.78 is 0. The summed E-state index contributed by atoms with van der Waals surface area (Å²) in [6, 6.07) is 71.8. The minimum absolute atomic E-state index is 0.765. The third-order valence-corrected chi connectivity index (χ3v) is 9.72. The van der Waals surface area contributed by atoms with E-state index >= 15 is 0 Å². The Morgan fingerprint density at radius 3 is 1.56 bits per heavy atom. The molecule has 3 nitrogen and oxygen atoms in total. The fourth-order valence-electron chi connectivity index (χ4n) is 7.04. The van der Waals surface area contributed by atoms with Crippen molar-refractivity contribution in [2.24, 2.45) is 4.99 Å². The number of benzene rings is 7. The Labute approximate surface area is 315 Å². The summed E-state index contributed by atoms with van der Waals surface area (Å²) in [5, 5.41) is 2.26. The second kappa shape index (κ2) is 14.8. The lowest BCUT2D eigenvalue weighted by atomic mass is 9.93. The van der Waals surface area contributed by atoms with Crippen LogP contribution in [0.25, 0.3) is 66.7 Å². The Morgan fingerprint density at radius 1 is 0.370 bits per heavy atom. The molecule has 0 atom stereocenters. The van der Waals surface area contributed by atoms with Gasteiger partial charge in [0.15, 0.2) is 0 Å². The average molecular weight is 690 g/mol. The van der Waals surface area contributed by atoms with Gasteiger partial charge in [-0.15, -0.1) is 0 Å². The number of aromatic nitrogens is 2. The molecule has 0 unspecified atom stereocenters. The number of hydrogen-bond acceptors (Lipinski definition) is 3. The Morgan fingerprint density at radius 2 is 0.889 bits per heavy atom. The molecule has 7 aromatic carbocycles. The number of rotatable bonds is 8. The number of nitrogens with zero attached hydrogens (tertiary/aromatic N) is 3. The van der Waals surface area contributed by atoms with E-state index in [0.29, 0.717) is 0 Å². The topological polar surface area (TPSA) is 38.1 Å². The van der Waals surface area contributed by atoms with Gasteiger partial charge < -0.3 is 0 Å². The lowest BCUT2D eigenvalue weighted by Gasteiger charge is -2.16. The number of para-hydroxylation sites is 1. The second-order valence-corrected chi connectivity index (χ2v) is 13.3. The molecule has 0 radical (unpaired) electrons. The van der Waals surface area contributed by atoms with Crippen LogP contribution in [-0.2, 0) is 0 Å². The van der Waals surface area contributed by atoms with E-state index in [1.807, 2.05) is 42.6 Å². The van der Waals surface area contributed by atoms with Crippen molar-refractivity contribution in [3.63, 3.8) is 0 Å². The maximum absolute atomic E-state index is 5.50. The van der Waals surface area contributed by atoms with E-state index in [-0.39, 0.29) is 0 Å². The van der Waals surface area contributed by atoms with Gasteiger partial charge in [-0.2, -0.15) is 0 Å². The van der Waals surface area contributed by atoms with E-state index in [0.717, 1.165) is 89.3 Å². The first-order valence-corrected chi connectivity index (χ1v) is 18.2. The van der Waals surface area contributed by atoms with Crippen molar-refractivity contribution in [2.45, 2.75) is 0 Å². The van der Waals surface area contributed by atoms with Gasteiger partial charge >= 0.3 is 0 Å². The van der Waals surface area contributed by atoms with Gasteiger partial charge in [-0.25, -0.2) is 9.98 Å². The first-order valence-electron chi connectivity index (χ1n) is 18.2. The third-order valence-electron chi connectivity index (χ3n) is 9.72.